The minimum Gasteiger partial charge on any atom is -0.497 e. The monoisotopic (exact) mass is 370 g/mol. The van der Waals surface area contributed by atoms with Gasteiger partial charge in [-0.3, -0.25) is 0 Å². The van der Waals surface area contributed by atoms with Crippen LogP contribution in [0, 0.1) is 0 Å². The van der Waals surface area contributed by atoms with Crippen molar-refractivity contribution in [2.75, 3.05) is 6.61 Å². The Bertz CT molecular complexity index is 667. The first-order valence-corrected chi connectivity index (χ1v) is 9.15. The second kappa shape index (κ2) is 14.3. The topological polar surface area (TPSA) is 36.9 Å². The van der Waals surface area contributed by atoms with E-state index in [0.717, 1.165) is 35.3 Å². The number of benzene rings is 1. The summed E-state index contributed by atoms with van der Waals surface area (Å²) < 4.78 is 22.7. The number of allylic oxidation sites excluding steroid dienone is 3. The highest BCUT2D eigenvalue weighted by molar-refractivity contribution is 5.44. The van der Waals surface area contributed by atoms with Crippen molar-refractivity contribution in [3.63, 3.8) is 0 Å². The Morgan fingerprint density at radius 2 is 1.70 bits per heavy atom. The zero-order valence-electron chi connectivity index (χ0n) is 16.4. The van der Waals surface area contributed by atoms with E-state index in [-0.39, 0.29) is 0 Å². The zero-order chi connectivity index (χ0) is 19.7. The molecule has 1 rings (SSSR count). The first-order valence-electron chi connectivity index (χ1n) is 9.15. The number of rotatable bonds is 14. The quantitative estimate of drug-likeness (QED) is 0.230. The molecular formula is C23H30O4. The minimum absolute atomic E-state index is 0.357. The lowest BCUT2D eigenvalue weighted by atomic mass is 10.0. The average molecular weight is 370 g/mol. The molecule has 4 heteroatoms. The molecule has 0 heterocycles. The van der Waals surface area contributed by atoms with Crippen LogP contribution in [-0.2, 0) is 34.0 Å². The highest BCUT2D eigenvalue weighted by Crippen LogP contribution is 2.29. The summed E-state index contributed by atoms with van der Waals surface area (Å²) in [6, 6.07) is 4.06. The second-order valence-corrected chi connectivity index (χ2v) is 5.69. The molecule has 0 N–H and O–H groups in total. The van der Waals surface area contributed by atoms with Crippen molar-refractivity contribution < 1.29 is 18.9 Å². The van der Waals surface area contributed by atoms with Gasteiger partial charge in [0.1, 0.15) is 31.8 Å². The molecular weight excluding hydrogens is 340 g/mol. The van der Waals surface area contributed by atoms with Gasteiger partial charge in [0.2, 0.25) is 0 Å². The molecule has 0 amide bonds. The number of ether oxygens (including phenoxy) is 4. The molecule has 0 aliphatic rings. The van der Waals surface area contributed by atoms with Crippen molar-refractivity contribution in [3.8, 4) is 5.75 Å². The summed E-state index contributed by atoms with van der Waals surface area (Å²) in [5, 5.41) is 0. The van der Waals surface area contributed by atoms with E-state index in [1.807, 2.05) is 18.2 Å². The van der Waals surface area contributed by atoms with Crippen molar-refractivity contribution in [2.45, 2.75) is 46.5 Å². The SMILES string of the molecule is C=C=COCc1cc(COC=CC=C)cc(COC=CCC)c1OCCC. The third-order valence-electron chi connectivity index (χ3n) is 3.39. The van der Waals surface area contributed by atoms with Gasteiger partial charge in [0, 0.05) is 11.1 Å². The largest absolute Gasteiger partial charge is 0.497 e. The van der Waals surface area contributed by atoms with Crippen molar-refractivity contribution in [1.82, 2.24) is 0 Å². The van der Waals surface area contributed by atoms with Crippen LogP contribution in [-0.4, -0.2) is 6.61 Å². The molecule has 0 aromatic heterocycles. The third kappa shape index (κ3) is 8.89. The summed E-state index contributed by atoms with van der Waals surface area (Å²) in [6.07, 6.45) is 12.0. The fourth-order valence-electron chi connectivity index (χ4n) is 2.26. The van der Waals surface area contributed by atoms with Gasteiger partial charge >= 0.3 is 0 Å². The maximum Gasteiger partial charge on any atom is 0.132 e. The molecule has 27 heavy (non-hydrogen) atoms. The molecule has 0 aliphatic carbocycles. The summed E-state index contributed by atoms with van der Waals surface area (Å²) in [5.41, 5.74) is 5.51. The molecule has 0 bridgehead atoms. The maximum atomic E-state index is 6.00. The van der Waals surface area contributed by atoms with Gasteiger partial charge in [-0.15, -0.1) is 0 Å². The van der Waals surface area contributed by atoms with Crippen molar-refractivity contribution in [3.05, 3.63) is 84.7 Å². The molecule has 146 valence electrons. The van der Waals surface area contributed by atoms with Gasteiger partial charge in [-0.1, -0.05) is 44.9 Å². The van der Waals surface area contributed by atoms with E-state index >= 15 is 0 Å². The standard InChI is InChI=1S/C23H30O4/c1-5-9-13-25-17-20-15-21(18-24-11-7-3)23(27-12-8-4)22(16-20)19-26-14-10-6-2/h5,9-11,13-16H,1,3,6,8,12,17-19H2,2,4H3. The molecule has 0 saturated carbocycles. The lowest BCUT2D eigenvalue weighted by molar-refractivity contribution is 0.211. The Morgan fingerprint density at radius 3 is 2.33 bits per heavy atom. The third-order valence-corrected chi connectivity index (χ3v) is 3.39. The molecule has 0 radical (unpaired) electrons. The Morgan fingerprint density at radius 1 is 1.00 bits per heavy atom. The van der Waals surface area contributed by atoms with Crippen LogP contribution in [0.4, 0.5) is 0 Å². The predicted molar refractivity (Wildman–Crippen MR) is 109 cm³/mol. The van der Waals surface area contributed by atoms with Gasteiger partial charge < -0.3 is 18.9 Å². The molecule has 1 aromatic rings. The highest BCUT2D eigenvalue weighted by Gasteiger charge is 2.14. The highest BCUT2D eigenvalue weighted by atomic mass is 16.5. The van der Waals surface area contributed by atoms with Gasteiger partial charge in [-0.25, -0.2) is 0 Å². The predicted octanol–water partition coefficient (Wildman–Crippen LogP) is 5.95. The fraction of sp³-hybridized carbons (Fsp3) is 0.348. The van der Waals surface area contributed by atoms with Crippen LogP contribution in [0.3, 0.4) is 0 Å². The van der Waals surface area contributed by atoms with Crippen LogP contribution in [0.1, 0.15) is 43.4 Å². The Kier molecular flexibility index (Phi) is 11.8. The summed E-state index contributed by atoms with van der Waals surface area (Å²) in [5.74, 6) is 0.796. The molecule has 0 unspecified atom stereocenters. The van der Waals surface area contributed by atoms with Gasteiger partial charge in [-0.05, 0) is 36.6 Å². The van der Waals surface area contributed by atoms with Crippen LogP contribution >= 0.6 is 0 Å². The maximum absolute atomic E-state index is 6.00. The molecule has 0 saturated heterocycles. The van der Waals surface area contributed by atoms with Crippen molar-refractivity contribution >= 4 is 0 Å². The summed E-state index contributed by atoms with van der Waals surface area (Å²) >= 11 is 0. The zero-order valence-corrected chi connectivity index (χ0v) is 16.4. The fourth-order valence-corrected chi connectivity index (χ4v) is 2.26. The van der Waals surface area contributed by atoms with E-state index in [1.165, 1.54) is 6.26 Å². The van der Waals surface area contributed by atoms with Gasteiger partial charge in [0.25, 0.3) is 0 Å². The van der Waals surface area contributed by atoms with E-state index < -0.39 is 0 Å². The Hall–Kier alpha value is -2.84. The lowest BCUT2D eigenvalue weighted by Crippen LogP contribution is -2.06. The van der Waals surface area contributed by atoms with Crippen molar-refractivity contribution in [1.29, 1.82) is 0 Å². The summed E-state index contributed by atoms with van der Waals surface area (Å²) in [4.78, 5) is 0. The van der Waals surface area contributed by atoms with Crippen LogP contribution in [0.2, 0.25) is 0 Å². The lowest BCUT2D eigenvalue weighted by Gasteiger charge is -2.17. The van der Waals surface area contributed by atoms with E-state index in [1.54, 1.807) is 24.7 Å². The minimum atomic E-state index is 0.357. The molecule has 0 fully saturated rings. The Balaban J connectivity index is 3.13. The van der Waals surface area contributed by atoms with E-state index in [4.69, 9.17) is 18.9 Å². The molecule has 0 aliphatic heterocycles. The van der Waals surface area contributed by atoms with Gasteiger partial charge in [0.05, 0.1) is 19.1 Å². The van der Waals surface area contributed by atoms with Crippen LogP contribution in [0.5, 0.6) is 5.75 Å². The summed E-state index contributed by atoms with van der Waals surface area (Å²) in [7, 11) is 0. The average Bonchev–Trinajstić information content (AvgIpc) is 2.68. The van der Waals surface area contributed by atoms with E-state index in [2.05, 4.69) is 32.7 Å². The Labute approximate surface area is 163 Å². The number of hydrogen-bond donors (Lipinski definition) is 0. The van der Waals surface area contributed by atoms with Crippen LogP contribution < -0.4 is 4.74 Å². The smallest absolute Gasteiger partial charge is 0.132 e. The number of hydrogen-bond acceptors (Lipinski definition) is 4. The van der Waals surface area contributed by atoms with E-state index in [0.29, 0.717) is 26.4 Å². The van der Waals surface area contributed by atoms with Gasteiger partial charge in [-0.2, -0.15) is 0 Å². The first-order chi connectivity index (χ1) is 13.3. The van der Waals surface area contributed by atoms with Crippen LogP contribution in [0.15, 0.2) is 68.0 Å². The molecule has 4 nitrogen and oxygen atoms in total. The van der Waals surface area contributed by atoms with Gasteiger partial charge in [0.15, 0.2) is 0 Å². The first kappa shape index (κ1) is 22.2. The normalized spacial score (nSPS) is 10.6. The molecule has 0 spiro atoms. The molecule has 0 atom stereocenters. The molecule has 1 aromatic carbocycles. The van der Waals surface area contributed by atoms with E-state index in [9.17, 15) is 0 Å². The second-order valence-electron chi connectivity index (χ2n) is 5.69. The van der Waals surface area contributed by atoms with Crippen molar-refractivity contribution in [2.24, 2.45) is 0 Å². The van der Waals surface area contributed by atoms with Crippen LogP contribution in [0.25, 0.3) is 0 Å². The summed E-state index contributed by atoms with van der Waals surface area (Å²) in [6.45, 7) is 13.1.